The number of amides is 1. The molecule has 3 heterocycles. The van der Waals surface area contributed by atoms with Crippen LogP contribution in [0.2, 0.25) is 0 Å². The van der Waals surface area contributed by atoms with Gasteiger partial charge in [-0.05, 0) is 30.3 Å². The van der Waals surface area contributed by atoms with E-state index in [1.165, 1.54) is 46.3 Å². The van der Waals surface area contributed by atoms with Gasteiger partial charge in [-0.15, -0.1) is 16.4 Å². The number of carbonyl (C=O) groups excluding carboxylic acids is 1. The fraction of sp³-hybridized carbons (Fsp3) is 0. The number of thiazole rings is 1. The molecule has 0 radical (unpaired) electrons. The Morgan fingerprint density at radius 2 is 1.93 bits per heavy atom. The Hall–Kier alpha value is -3.38. The molecule has 2 N–H and O–H groups in total. The molecule has 0 aliphatic rings. The summed E-state index contributed by atoms with van der Waals surface area (Å²) in [5, 5.41) is 8.58. The van der Waals surface area contributed by atoms with Gasteiger partial charge >= 0.3 is 0 Å². The van der Waals surface area contributed by atoms with Gasteiger partial charge in [-0.2, -0.15) is 4.98 Å². The zero-order valence-electron chi connectivity index (χ0n) is 13.5. The molecule has 4 aromatic rings. The summed E-state index contributed by atoms with van der Waals surface area (Å²) in [6.45, 7) is 0. The van der Waals surface area contributed by atoms with Crippen molar-refractivity contribution in [3.63, 3.8) is 0 Å². The predicted octanol–water partition coefficient (Wildman–Crippen LogP) is 1.63. The van der Waals surface area contributed by atoms with Crippen LogP contribution in [0, 0.1) is 0 Å². The van der Waals surface area contributed by atoms with Crippen molar-refractivity contribution in [1.29, 1.82) is 0 Å². The van der Waals surface area contributed by atoms with E-state index in [9.17, 15) is 13.2 Å². The summed E-state index contributed by atoms with van der Waals surface area (Å²) in [6.07, 6.45) is 4.68. The van der Waals surface area contributed by atoms with Gasteiger partial charge in [0.2, 0.25) is 5.82 Å². The number of carbonyl (C=O) groups is 1. The quantitative estimate of drug-likeness (QED) is 0.519. The molecule has 0 saturated carbocycles. The molecular formula is C15H11N7O3S2. The minimum Gasteiger partial charge on any atom is -0.319 e. The van der Waals surface area contributed by atoms with Crippen LogP contribution in [0.1, 0.15) is 10.6 Å². The standard InChI is InChI=1S/C15H11N7O3S2/c23-13(12-19-14-16-6-1-8-22(14)20-12)18-10-2-4-11(5-3-10)27(24,25)21-15-17-7-9-26-15/h1-9H,(H,17,21)(H,18,23). The van der Waals surface area contributed by atoms with Crippen LogP contribution >= 0.6 is 11.3 Å². The lowest BCUT2D eigenvalue weighted by atomic mass is 10.3. The zero-order valence-corrected chi connectivity index (χ0v) is 15.1. The Balaban J connectivity index is 1.49. The van der Waals surface area contributed by atoms with Gasteiger partial charge in [-0.25, -0.2) is 22.9 Å². The highest BCUT2D eigenvalue weighted by atomic mass is 32.2. The van der Waals surface area contributed by atoms with Crippen molar-refractivity contribution in [2.75, 3.05) is 10.0 Å². The second kappa shape index (κ2) is 6.74. The van der Waals surface area contributed by atoms with Crippen LogP contribution in [-0.2, 0) is 10.0 Å². The maximum Gasteiger partial charge on any atom is 0.295 e. The van der Waals surface area contributed by atoms with Crippen molar-refractivity contribution < 1.29 is 13.2 Å². The number of nitrogens with zero attached hydrogens (tertiary/aromatic N) is 5. The number of benzene rings is 1. The second-order valence-corrected chi connectivity index (χ2v) is 7.80. The van der Waals surface area contributed by atoms with Crippen LogP contribution in [0.4, 0.5) is 10.8 Å². The Morgan fingerprint density at radius 1 is 1.11 bits per heavy atom. The highest BCUT2D eigenvalue weighted by molar-refractivity contribution is 7.93. The minimum absolute atomic E-state index is 0.0455. The van der Waals surface area contributed by atoms with Crippen molar-refractivity contribution in [3.8, 4) is 0 Å². The Labute approximate surface area is 157 Å². The maximum atomic E-state index is 12.3. The fourth-order valence-corrected chi connectivity index (χ4v) is 3.97. The molecule has 0 fully saturated rings. The first-order valence-corrected chi connectivity index (χ1v) is 9.89. The van der Waals surface area contributed by atoms with Gasteiger partial charge in [0.25, 0.3) is 21.7 Å². The summed E-state index contributed by atoms with van der Waals surface area (Å²) in [5.74, 6) is -0.273. The molecule has 0 aliphatic heterocycles. The molecule has 3 aromatic heterocycles. The van der Waals surface area contributed by atoms with Crippen LogP contribution in [0.25, 0.3) is 5.78 Å². The smallest absolute Gasteiger partial charge is 0.295 e. The molecule has 4 rings (SSSR count). The number of anilines is 2. The maximum absolute atomic E-state index is 12.3. The zero-order chi connectivity index (χ0) is 18.9. The van der Waals surface area contributed by atoms with Crippen LogP contribution in [-0.4, -0.2) is 38.9 Å². The number of rotatable bonds is 5. The van der Waals surface area contributed by atoms with Gasteiger partial charge < -0.3 is 5.32 Å². The van der Waals surface area contributed by atoms with E-state index in [0.717, 1.165) is 0 Å². The molecule has 0 unspecified atom stereocenters. The monoisotopic (exact) mass is 401 g/mol. The van der Waals surface area contributed by atoms with E-state index in [-0.39, 0.29) is 15.9 Å². The van der Waals surface area contributed by atoms with Gasteiger partial charge in [0.1, 0.15) is 0 Å². The Morgan fingerprint density at radius 3 is 2.63 bits per heavy atom. The summed E-state index contributed by atoms with van der Waals surface area (Å²) in [5.41, 5.74) is 0.403. The van der Waals surface area contributed by atoms with E-state index in [1.807, 2.05) is 0 Å². The largest absolute Gasteiger partial charge is 0.319 e. The van der Waals surface area contributed by atoms with E-state index in [0.29, 0.717) is 11.5 Å². The number of hydrogen-bond acceptors (Lipinski definition) is 8. The number of hydrogen-bond donors (Lipinski definition) is 2. The average Bonchev–Trinajstić information content (AvgIpc) is 3.31. The van der Waals surface area contributed by atoms with Crippen molar-refractivity contribution in [2.45, 2.75) is 4.90 Å². The highest BCUT2D eigenvalue weighted by Crippen LogP contribution is 2.19. The third-order valence-corrected chi connectivity index (χ3v) is 5.57. The lowest BCUT2D eigenvalue weighted by Gasteiger charge is -2.07. The van der Waals surface area contributed by atoms with E-state index >= 15 is 0 Å². The molecular weight excluding hydrogens is 390 g/mol. The van der Waals surface area contributed by atoms with Crippen LogP contribution in [0.3, 0.4) is 0 Å². The first-order chi connectivity index (χ1) is 13.0. The van der Waals surface area contributed by atoms with Crippen molar-refractivity contribution in [3.05, 3.63) is 60.1 Å². The number of nitrogens with one attached hydrogen (secondary N) is 2. The molecule has 0 atom stereocenters. The third kappa shape index (κ3) is 3.61. The topological polar surface area (TPSA) is 131 Å². The fourth-order valence-electron chi connectivity index (χ4n) is 2.18. The Bertz CT molecular complexity index is 1170. The van der Waals surface area contributed by atoms with Crippen molar-refractivity contribution in [1.82, 2.24) is 24.6 Å². The van der Waals surface area contributed by atoms with Gasteiger partial charge in [0.05, 0.1) is 4.90 Å². The first-order valence-electron chi connectivity index (χ1n) is 7.52. The molecule has 0 bridgehead atoms. The Kier molecular flexibility index (Phi) is 4.25. The molecule has 1 amide bonds. The van der Waals surface area contributed by atoms with Gasteiger partial charge in [0.15, 0.2) is 5.13 Å². The van der Waals surface area contributed by atoms with Crippen LogP contribution < -0.4 is 10.0 Å². The summed E-state index contributed by atoms with van der Waals surface area (Å²) in [7, 11) is -3.75. The van der Waals surface area contributed by atoms with Crippen molar-refractivity contribution >= 4 is 43.9 Å². The summed E-state index contributed by atoms with van der Waals surface area (Å²) >= 11 is 1.18. The van der Waals surface area contributed by atoms with Crippen LogP contribution in [0.5, 0.6) is 0 Å². The summed E-state index contributed by atoms with van der Waals surface area (Å²) < 4.78 is 28.3. The molecule has 27 heavy (non-hydrogen) atoms. The van der Waals surface area contributed by atoms with E-state index < -0.39 is 15.9 Å². The highest BCUT2D eigenvalue weighted by Gasteiger charge is 2.17. The molecule has 0 spiro atoms. The predicted molar refractivity (Wildman–Crippen MR) is 98.1 cm³/mol. The first kappa shape index (κ1) is 17.1. The number of aromatic nitrogens is 5. The van der Waals surface area contributed by atoms with Gasteiger partial charge in [0, 0.05) is 29.7 Å². The van der Waals surface area contributed by atoms with Crippen LogP contribution in [0.15, 0.2) is 59.2 Å². The number of fused-ring (bicyclic) bond motifs is 1. The third-order valence-electron chi connectivity index (χ3n) is 3.40. The van der Waals surface area contributed by atoms with E-state index in [2.05, 4.69) is 30.1 Å². The molecule has 10 nitrogen and oxygen atoms in total. The normalized spacial score (nSPS) is 11.4. The lowest BCUT2D eigenvalue weighted by Crippen LogP contribution is -2.15. The average molecular weight is 401 g/mol. The van der Waals surface area contributed by atoms with Gasteiger partial charge in [-0.3, -0.25) is 9.52 Å². The summed E-state index contributed by atoms with van der Waals surface area (Å²) in [4.78, 5) is 24.2. The minimum atomic E-state index is -3.75. The van der Waals surface area contributed by atoms with E-state index in [4.69, 9.17) is 0 Å². The van der Waals surface area contributed by atoms with E-state index in [1.54, 1.807) is 23.8 Å². The summed E-state index contributed by atoms with van der Waals surface area (Å²) in [6, 6.07) is 7.38. The lowest BCUT2D eigenvalue weighted by molar-refractivity contribution is 0.101. The molecule has 12 heteroatoms. The molecule has 0 saturated heterocycles. The SMILES string of the molecule is O=C(Nc1ccc(S(=O)(=O)Nc2nccs2)cc1)c1nc2ncccn2n1. The molecule has 1 aromatic carbocycles. The number of sulfonamides is 1. The van der Waals surface area contributed by atoms with Crippen molar-refractivity contribution in [2.24, 2.45) is 0 Å². The second-order valence-electron chi connectivity index (χ2n) is 5.22. The molecule has 136 valence electrons. The van der Waals surface area contributed by atoms with Gasteiger partial charge in [-0.1, -0.05) is 0 Å². The molecule has 0 aliphatic carbocycles.